The molecule has 3 aromatic carbocycles. The fourth-order valence-corrected chi connectivity index (χ4v) is 4.83. The first-order valence-corrected chi connectivity index (χ1v) is 15.6. The molecule has 0 saturated heterocycles. The number of carboxylic acid groups (broad SMARTS) is 2. The molecule has 0 aliphatic rings. The Morgan fingerprint density at radius 2 is 1.42 bits per heavy atom. The van der Waals surface area contributed by atoms with E-state index in [1.165, 1.54) is 0 Å². The second-order valence-electron chi connectivity index (χ2n) is 11.3. The number of hydrogen-bond donors (Lipinski definition) is 8. The first kappa shape index (κ1) is 40.5. The standard InChI is InChI=1S/C32H41N7O4.C2HF3O2/c1-2-3-9-26(30(41)39-27(31(42)43)10-6-17-37-32(35)36)38-29(40)25(18-20-11-13-22(14-12-20)28(33)34)24-16-15-21-7-4-5-8-23(21)19-24;3-2(4,5)1(6)7/h4-5,7-8,11-16,19,25-27H,2-3,6,9-10,17-18H2,1H3,(H3,33,34)(H,38,40)(H,39,41)(H,42,43)(H4,35,36,37);(H,6,7)/t25-,26-,27?;/m0./s1. The van der Waals surface area contributed by atoms with E-state index >= 15 is 0 Å². The molecule has 0 aliphatic carbocycles. The predicted octanol–water partition coefficient (Wildman–Crippen LogP) is 3.38. The smallest absolute Gasteiger partial charge is 0.480 e. The van der Waals surface area contributed by atoms with Gasteiger partial charge in [-0.15, -0.1) is 0 Å². The Morgan fingerprint density at radius 3 is 1.96 bits per heavy atom. The Morgan fingerprint density at radius 1 is 0.840 bits per heavy atom. The molecule has 3 rings (SSSR count). The Bertz CT molecular complexity index is 1660. The van der Waals surface area contributed by atoms with E-state index in [1.54, 1.807) is 12.1 Å². The molecule has 0 saturated carbocycles. The summed E-state index contributed by atoms with van der Waals surface area (Å²) in [4.78, 5) is 51.9. The number of nitrogens with one attached hydrogen (secondary N) is 3. The minimum absolute atomic E-state index is 0.0453. The van der Waals surface area contributed by atoms with Crippen LogP contribution in [0.15, 0.2) is 71.7 Å². The van der Waals surface area contributed by atoms with Crippen molar-refractivity contribution in [2.45, 2.75) is 69.6 Å². The minimum Gasteiger partial charge on any atom is -0.480 e. The summed E-state index contributed by atoms with van der Waals surface area (Å²) in [6.07, 6.45) is -2.46. The lowest BCUT2D eigenvalue weighted by molar-refractivity contribution is -0.192. The molecule has 0 fully saturated rings. The molecule has 0 bridgehead atoms. The Labute approximate surface area is 286 Å². The molecule has 3 atom stereocenters. The molecule has 11 N–H and O–H groups in total. The number of aliphatic carboxylic acids is 2. The second-order valence-corrected chi connectivity index (χ2v) is 11.3. The van der Waals surface area contributed by atoms with Crippen molar-refractivity contribution in [2.24, 2.45) is 22.2 Å². The van der Waals surface area contributed by atoms with Crippen LogP contribution in [0.4, 0.5) is 13.2 Å². The number of unbranched alkanes of at least 4 members (excludes halogenated alkanes) is 1. The molecular weight excluding hydrogens is 659 g/mol. The number of aliphatic imine (C=N–C) groups is 1. The predicted molar refractivity (Wildman–Crippen MR) is 182 cm³/mol. The van der Waals surface area contributed by atoms with Crippen LogP contribution in [0.2, 0.25) is 0 Å². The van der Waals surface area contributed by atoms with Gasteiger partial charge in [0.25, 0.3) is 0 Å². The average molecular weight is 702 g/mol. The molecule has 3 aromatic rings. The molecule has 50 heavy (non-hydrogen) atoms. The SMILES string of the molecule is CCCC[C@H](NC(=O)[C@@H](Cc1ccc(C(=N)N)cc1)c1ccc2ccccc2c1)C(=O)NC(CCCN=C(N)N)C(=O)O.O=C(O)C(F)(F)F. The van der Waals surface area contributed by atoms with Gasteiger partial charge in [0.15, 0.2) is 5.96 Å². The highest BCUT2D eigenvalue weighted by atomic mass is 19.4. The van der Waals surface area contributed by atoms with Crippen LogP contribution in [-0.4, -0.2) is 70.6 Å². The topological polar surface area (TPSA) is 247 Å². The summed E-state index contributed by atoms with van der Waals surface area (Å²) in [5, 5.41) is 32.0. The van der Waals surface area contributed by atoms with E-state index in [0.29, 0.717) is 31.2 Å². The summed E-state index contributed by atoms with van der Waals surface area (Å²) < 4.78 is 31.7. The van der Waals surface area contributed by atoms with Gasteiger partial charge in [-0.3, -0.25) is 20.0 Å². The maximum absolute atomic E-state index is 13.9. The number of hydrogen-bond acceptors (Lipinski definition) is 6. The van der Waals surface area contributed by atoms with Gasteiger partial charge in [-0.25, -0.2) is 9.59 Å². The molecule has 2 amide bonds. The van der Waals surface area contributed by atoms with Gasteiger partial charge in [0.05, 0.1) is 5.92 Å². The van der Waals surface area contributed by atoms with E-state index < -0.39 is 42.0 Å². The van der Waals surface area contributed by atoms with E-state index in [0.717, 1.165) is 28.3 Å². The fourth-order valence-electron chi connectivity index (χ4n) is 4.83. The Kier molecular flexibility index (Phi) is 15.7. The number of alkyl halides is 3. The number of carboxylic acids is 2. The van der Waals surface area contributed by atoms with Gasteiger partial charge in [-0.05, 0) is 47.6 Å². The van der Waals surface area contributed by atoms with Crippen molar-refractivity contribution in [3.63, 3.8) is 0 Å². The van der Waals surface area contributed by atoms with E-state index in [1.807, 2.05) is 61.5 Å². The zero-order chi connectivity index (χ0) is 37.4. The maximum atomic E-state index is 13.9. The Balaban J connectivity index is 0.00000112. The lowest BCUT2D eigenvalue weighted by Gasteiger charge is -2.24. The van der Waals surface area contributed by atoms with Gasteiger partial charge in [-0.2, -0.15) is 13.2 Å². The highest BCUT2D eigenvalue weighted by Gasteiger charge is 2.38. The number of halogens is 3. The quantitative estimate of drug-likeness (QED) is 0.0619. The first-order chi connectivity index (χ1) is 23.5. The molecule has 16 heteroatoms. The number of benzene rings is 3. The number of rotatable bonds is 16. The fraction of sp³-hybridized carbons (Fsp3) is 0.353. The van der Waals surface area contributed by atoms with Crippen LogP contribution < -0.4 is 27.8 Å². The summed E-state index contributed by atoms with van der Waals surface area (Å²) in [7, 11) is 0. The number of nitrogens with zero attached hydrogens (tertiary/aromatic N) is 1. The lowest BCUT2D eigenvalue weighted by Crippen LogP contribution is -2.52. The van der Waals surface area contributed by atoms with Gasteiger partial charge in [0.1, 0.15) is 17.9 Å². The molecule has 0 radical (unpaired) electrons. The monoisotopic (exact) mass is 701 g/mol. The van der Waals surface area contributed by atoms with Gasteiger partial charge in [0, 0.05) is 12.1 Å². The summed E-state index contributed by atoms with van der Waals surface area (Å²) in [6, 6.07) is 18.8. The summed E-state index contributed by atoms with van der Waals surface area (Å²) >= 11 is 0. The van der Waals surface area contributed by atoms with Crippen LogP contribution in [0.5, 0.6) is 0 Å². The van der Waals surface area contributed by atoms with E-state index in [2.05, 4.69) is 15.6 Å². The number of carbonyl (C=O) groups is 4. The first-order valence-electron chi connectivity index (χ1n) is 15.6. The molecule has 13 nitrogen and oxygen atoms in total. The van der Waals surface area contributed by atoms with Crippen LogP contribution in [0.1, 0.15) is 61.6 Å². The number of nitrogens with two attached hydrogens (primary N) is 3. The van der Waals surface area contributed by atoms with Crippen LogP contribution in [-0.2, 0) is 25.6 Å². The summed E-state index contributed by atoms with van der Waals surface area (Å²) in [5.74, 6) is -5.61. The van der Waals surface area contributed by atoms with Crippen molar-refractivity contribution < 1.29 is 42.6 Å². The van der Waals surface area contributed by atoms with Crippen molar-refractivity contribution in [2.75, 3.05) is 6.54 Å². The number of fused-ring (bicyclic) bond motifs is 1. The zero-order valence-corrected chi connectivity index (χ0v) is 27.4. The third kappa shape index (κ3) is 13.4. The Hall–Kier alpha value is -5.67. The minimum atomic E-state index is -5.08. The molecular formula is C34H42F3N7O6. The van der Waals surface area contributed by atoms with Crippen LogP contribution in [0, 0.1) is 5.41 Å². The van der Waals surface area contributed by atoms with Crippen LogP contribution in [0.3, 0.4) is 0 Å². The van der Waals surface area contributed by atoms with Crippen LogP contribution >= 0.6 is 0 Å². The van der Waals surface area contributed by atoms with Crippen molar-refractivity contribution in [1.29, 1.82) is 5.41 Å². The molecule has 0 spiro atoms. The number of guanidine groups is 1. The summed E-state index contributed by atoms with van der Waals surface area (Å²) in [6.45, 7) is 2.21. The van der Waals surface area contributed by atoms with Crippen molar-refractivity contribution >= 4 is 46.3 Å². The lowest BCUT2D eigenvalue weighted by atomic mass is 9.89. The average Bonchev–Trinajstić information content (AvgIpc) is 3.06. The zero-order valence-electron chi connectivity index (χ0n) is 27.4. The van der Waals surface area contributed by atoms with E-state index in [-0.39, 0.29) is 30.7 Å². The van der Waals surface area contributed by atoms with Crippen molar-refractivity contribution in [1.82, 2.24) is 10.6 Å². The number of nitrogen functional groups attached to an aromatic ring is 1. The molecule has 0 aromatic heterocycles. The van der Waals surface area contributed by atoms with E-state index in [9.17, 15) is 32.7 Å². The number of carbonyl (C=O) groups excluding carboxylic acids is 2. The van der Waals surface area contributed by atoms with E-state index in [4.69, 9.17) is 32.5 Å². The van der Waals surface area contributed by atoms with Gasteiger partial charge < -0.3 is 38.0 Å². The molecule has 1 unspecified atom stereocenters. The summed E-state index contributed by atoms with van der Waals surface area (Å²) in [5.41, 5.74) is 18.5. The highest BCUT2D eigenvalue weighted by molar-refractivity contribution is 5.95. The molecule has 0 aliphatic heterocycles. The third-order valence-corrected chi connectivity index (χ3v) is 7.48. The van der Waals surface area contributed by atoms with Crippen molar-refractivity contribution in [3.05, 3.63) is 83.4 Å². The van der Waals surface area contributed by atoms with Crippen molar-refractivity contribution in [3.8, 4) is 0 Å². The van der Waals surface area contributed by atoms with Gasteiger partial charge in [-0.1, -0.05) is 86.5 Å². The number of amides is 2. The maximum Gasteiger partial charge on any atom is 0.490 e. The van der Waals surface area contributed by atoms with Crippen LogP contribution in [0.25, 0.3) is 10.8 Å². The molecule has 270 valence electrons. The number of amidine groups is 1. The second kappa shape index (κ2) is 19.4. The third-order valence-electron chi connectivity index (χ3n) is 7.48. The largest absolute Gasteiger partial charge is 0.490 e. The molecule has 0 heterocycles. The van der Waals surface area contributed by atoms with Gasteiger partial charge in [0.2, 0.25) is 11.8 Å². The highest BCUT2D eigenvalue weighted by Crippen LogP contribution is 2.26. The normalized spacial score (nSPS) is 12.7. The van der Waals surface area contributed by atoms with Gasteiger partial charge >= 0.3 is 18.1 Å².